The molecule has 0 rings (SSSR count). The molecule has 0 nitrogen and oxygen atoms in total. The molecule has 0 N–H and O–H groups in total. The van der Waals surface area contributed by atoms with Crippen molar-refractivity contribution in [2.45, 2.75) is 0 Å². The second-order valence-corrected chi connectivity index (χ2v) is 4.28. The van der Waals surface area contributed by atoms with E-state index in [1.807, 2.05) is 0 Å². The van der Waals surface area contributed by atoms with Crippen molar-refractivity contribution < 1.29 is 32.7 Å². The molecule has 0 aliphatic rings. The molecule has 10 heavy (non-hydrogen) atoms. The molecule has 0 heterocycles. The smallest absolute Gasteiger partial charge is 0.0572 e. The first kappa shape index (κ1) is 14.9. The van der Waals surface area contributed by atoms with Crippen molar-refractivity contribution in [2.75, 3.05) is 0 Å². The Morgan fingerprint density at radius 3 is 1.30 bits per heavy atom. The fourth-order valence-electron chi connectivity index (χ4n) is 0.305. The minimum Gasteiger partial charge on any atom is -0.362 e. The van der Waals surface area contributed by atoms with Crippen LogP contribution in [0.15, 0.2) is 0 Å². The van der Waals surface area contributed by atoms with Gasteiger partial charge in [-0.25, -0.2) is 0 Å². The Morgan fingerprint density at radius 2 is 1.30 bits per heavy atom. The van der Waals surface area contributed by atoms with Gasteiger partial charge in [-0.2, -0.15) is 0 Å². The summed E-state index contributed by atoms with van der Waals surface area (Å²) in [6.45, 7) is 0. The van der Waals surface area contributed by atoms with E-state index in [9.17, 15) is 0 Å². The van der Waals surface area contributed by atoms with Crippen molar-refractivity contribution >= 4 is 60.5 Å². The average Bonchev–Trinajstić information content (AvgIpc) is 1.64. The molecule has 9 heteroatoms. The first-order chi connectivity index (χ1) is 4.09. The molecule has 0 aliphatic carbocycles. The van der Waals surface area contributed by atoms with Crippen molar-refractivity contribution in [2.24, 2.45) is 0 Å². The number of hydrogen-bond acceptors (Lipinski definition) is 0. The van der Waals surface area contributed by atoms with Gasteiger partial charge in [-0.1, -0.05) is 0 Å². The molecule has 0 saturated carbocycles. The summed E-state index contributed by atoms with van der Waals surface area (Å²) in [5, 5.41) is 0.583. The summed E-state index contributed by atoms with van der Waals surface area (Å²) >= 11 is 0. The van der Waals surface area contributed by atoms with E-state index in [0.29, 0.717) is 5.30 Å². The first-order valence-electron chi connectivity index (χ1n) is 2.10. The van der Waals surface area contributed by atoms with Gasteiger partial charge in [0.25, 0.3) is 0 Å². The molecular weight excluding hydrogens is 228 g/mol. The van der Waals surface area contributed by atoms with Crippen molar-refractivity contribution in [3.05, 3.63) is 5.30 Å². The van der Waals surface area contributed by atoms with Crippen LogP contribution in [0.2, 0.25) is 0 Å². The molecule has 0 atom stereocenters. The fraction of sp³-hybridized carbons (Fsp3) is 0. The molecule has 0 aromatic heterocycles. The van der Waals surface area contributed by atoms with Crippen molar-refractivity contribution in [3.63, 3.8) is 0 Å². The van der Waals surface area contributed by atoms with Crippen molar-refractivity contribution in [1.82, 2.24) is 0 Å². The molecule has 0 aliphatic heterocycles. The van der Waals surface area contributed by atoms with Gasteiger partial charge in [0.05, 0.1) is 30.3 Å². The molecule has 0 aromatic rings. The van der Waals surface area contributed by atoms with Gasteiger partial charge in [-0.15, -0.1) is 7.17 Å². The SMILES string of the molecule is [B][B][C-](P([B])[B])P([B])[B].[Y]. The van der Waals surface area contributed by atoms with Crippen molar-refractivity contribution in [1.29, 1.82) is 0 Å². The van der Waals surface area contributed by atoms with E-state index < -0.39 is 15.4 Å². The monoisotopic (exact) mass is 229 g/mol. The van der Waals surface area contributed by atoms with Crippen LogP contribution < -0.4 is 0 Å². The van der Waals surface area contributed by atoms with E-state index >= 15 is 0 Å². The summed E-state index contributed by atoms with van der Waals surface area (Å²) in [4.78, 5) is 0. The third-order valence-electron chi connectivity index (χ3n) is 0.678. The molecule has 0 aromatic carbocycles. The molecule has 0 spiro atoms. The number of rotatable bonds is 3. The van der Waals surface area contributed by atoms with Crippen LogP contribution in [-0.2, 0) is 32.7 Å². The Balaban J connectivity index is 0. The second-order valence-electron chi connectivity index (χ2n) is 1.34. The van der Waals surface area contributed by atoms with Crippen LogP contribution in [0.4, 0.5) is 0 Å². The summed E-state index contributed by atoms with van der Waals surface area (Å²) in [6, 6.07) is 0. The minimum absolute atomic E-state index is 0. The fourth-order valence-corrected chi connectivity index (χ4v) is 1.72. The van der Waals surface area contributed by atoms with Crippen LogP contribution in [0.5, 0.6) is 0 Å². The molecule has 12 radical (unpaired) electrons. The van der Waals surface area contributed by atoms with Gasteiger partial charge in [0.15, 0.2) is 0 Å². The van der Waals surface area contributed by atoms with E-state index in [0.717, 1.165) is 0 Å². The maximum Gasteiger partial charge on any atom is 0.0572 e. The third kappa shape index (κ3) is 5.94. The van der Waals surface area contributed by atoms with E-state index in [4.69, 9.17) is 38.0 Å². The maximum atomic E-state index is 5.30. The predicted octanol–water partition coefficient (Wildman–Crippen LogP) is -0.484. The summed E-state index contributed by atoms with van der Waals surface area (Å²) in [6.07, 6.45) is 0. The van der Waals surface area contributed by atoms with Gasteiger partial charge in [-0.3, -0.25) is 0 Å². The quantitative estimate of drug-likeness (QED) is 0.347. The molecule has 36 valence electrons. The molecule has 0 amide bonds. The van der Waals surface area contributed by atoms with Crippen molar-refractivity contribution in [3.8, 4) is 0 Å². The third-order valence-corrected chi connectivity index (χ3v) is 3.42. The van der Waals surface area contributed by atoms with Gasteiger partial charge in [-0.05, 0) is 7.74 Å². The van der Waals surface area contributed by atoms with Gasteiger partial charge in [0.1, 0.15) is 0 Å². The van der Waals surface area contributed by atoms with E-state index in [1.54, 1.807) is 0 Å². The van der Waals surface area contributed by atoms with Crippen LogP contribution in [0.1, 0.15) is 0 Å². The Kier molecular flexibility index (Phi) is 11.8. The first-order valence-corrected chi connectivity index (χ1v) is 5.06. The summed E-state index contributed by atoms with van der Waals surface area (Å²) in [5.41, 5.74) is 0. The normalized spacial score (nSPS) is 9.90. The van der Waals surface area contributed by atoms with E-state index in [-0.39, 0.29) is 32.7 Å². The molecular formula is CB6P2Y-. The van der Waals surface area contributed by atoms with Gasteiger partial charge < -0.3 is 20.7 Å². The average molecular weight is 228 g/mol. The standard InChI is InChI=1S/CB6P2.Y/c2-7-1(8(3)4)9(5)6;/q-1;. The van der Waals surface area contributed by atoms with E-state index in [2.05, 4.69) is 0 Å². The van der Waals surface area contributed by atoms with Crippen LogP contribution >= 0.6 is 15.4 Å². The number of hydrogen-bond donors (Lipinski definition) is 0. The topological polar surface area (TPSA) is 0 Å². The van der Waals surface area contributed by atoms with Crippen LogP contribution in [0.25, 0.3) is 0 Å². The Hall–Kier alpha value is 2.35. The van der Waals surface area contributed by atoms with Crippen LogP contribution in [0, 0.1) is 5.30 Å². The Morgan fingerprint density at radius 1 is 1.00 bits per heavy atom. The maximum absolute atomic E-state index is 5.30. The Labute approximate surface area is 97.7 Å². The van der Waals surface area contributed by atoms with Gasteiger partial charge in [0.2, 0.25) is 0 Å². The molecule has 0 fully saturated rings. The summed E-state index contributed by atoms with van der Waals surface area (Å²) in [7, 11) is 25.2. The van der Waals surface area contributed by atoms with E-state index in [1.165, 1.54) is 7.17 Å². The summed E-state index contributed by atoms with van der Waals surface area (Å²) in [5.74, 6) is 0. The zero-order valence-electron chi connectivity index (χ0n) is 5.44. The second kappa shape index (κ2) is 7.97. The predicted molar refractivity (Wildman–Crippen MR) is 51.6 cm³/mol. The largest absolute Gasteiger partial charge is 0.362 e. The summed E-state index contributed by atoms with van der Waals surface area (Å²) < 4.78 is 0. The van der Waals surface area contributed by atoms with Crippen LogP contribution in [0.3, 0.4) is 0 Å². The van der Waals surface area contributed by atoms with Gasteiger partial charge in [0, 0.05) is 32.7 Å². The Bertz CT molecular complexity index is 70.1. The van der Waals surface area contributed by atoms with Crippen LogP contribution in [-0.4, -0.2) is 45.2 Å². The zero-order valence-corrected chi connectivity index (χ0v) is 10.1. The molecule has 0 unspecified atom stereocenters. The minimum atomic E-state index is -1.19. The zero-order chi connectivity index (χ0) is 7.44. The molecule has 0 bridgehead atoms. The molecule has 0 saturated heterocycles. The van der Waals surface area contributed by atoms with Gasteiger partial charge >= 0.3 is 0 Å².